The molecular weight excluding hydrogens is 338 g/mol. The van der Waals surface area contributed by atoms with Gasteiger partial charge in [0, 0.05) is 17.6 Å². The van der Waals surface area contributed by atoms with E-state index in [0.29, 0.717) is 10.7 Å². The first-order chi connectivity index (χ1) is 11.8. The van der Waals surface area contributed by atoms with E-state index in [1.165, 1.54) is 6.92 Å². The van der Waals surface area contributed by atoms with Gasteiger partial charge in [-0.1, -0.05) is 35.9 Å². The number of urea groups is 1. The molecule has 2 atom stereocenters. The molecule has 3 amide bonds. The molecule has 0 heterocycles. The zero-order valence-corrected chi connectivity index (χ0v) is 15.2. The molecular formula is C19H22ClN3O2. The van der Waals surface area contributed by atoms with Gasteiger partial charge in [-0.15, -0.1) is 0 Å². The molecule has 6 heteroatoms. The molecule has 0 aliphatic heterocycles. The predicted molar refractivity (Wildman–Crippen MR) is 101 cm³/mol. The predicted octanol–water partition coefficient (Wildman–Crippen LogP) is 4.42. The quantitative estimate of drug-likeness (QED) is 0.739. The van der Waals surface area contributed by atoms with Gasteiger partial charge < -0.3 is 16.0 Å². The van der Waals surface area contributed by atoms with Crippen molar-refractivity contribution in [2.45, 2.75) is 32.9 Å². The fraction of sp³-hybridized carbons (Fsp3) is 0.263. The number of carbonyl (C=O) groups is 2. The number of hydrogen-bond donors (Lipinski definition) is 3. The van der Waals surface area contributed by atoms with E-state index in [1.54, 1.807) is 18.2 Å². The first-order valence-corrected chi connectivity index (χ1v) is 8.43. The smallest absolute Gasteiger partial charge is 0.315 e. The minimum absolute atomic E-state index is 0.132. The van der Waals surface area contributed by atoms with Gasteiger partial charge in [-0.25, -0.2) is 4.79 Å². The molecule has 5 nitrogen and oxygen atoms in total. The molecule has 132 valence electrons. The van der Waals surface area contributed by atoms with Crippen LogP contribution in [-0.2, 0) is 4.79 Å². The summed E-state index contributed by atoms with van der Waals surface area (Å²) in [5.41, 5.74) is 2.58. The summed E-state index contributed by atoms with van der Waals surface area (Å²) >= 11 is 5.88. The summed E-state index contributed by atoms with van der Waals surface area (Å²) in [7, 11) is 0. The number of anilines is 1. The molecule has 3 N–H and O–H groups in total. The maximum atomic E-state index is 12.2. The number of nitrogens with one attached hydrogen (secondary N) is 3. The highest BCUT2D eigenvalue weighted by Crippen LogP contribution is 2.18. The average molecular weight is 360 g/mol. The Morgan fingerprint density at radius 3 is 2.12 bits per heavy atom. The lowest BCUT2D eigenvalue weighted by Gasteiger charge is -2.19. The topological polar surface area (TPSA) is 70.2 Å². The van der Waals surface area contributed by atoms with Crippen molar-refractivity contribution in [1.82, 2.24) is 10.6 Å². The third-order valence-electron chi connectivity index (χ3n) is 3.77. The zero-order valence-electron chi connectivity index (χ0n) is 14.5. The van der Waals surface area contributed by atoms with Gasteiger partial charge in [0.1, 0.15) is 0 Å². The lowest BCUT2D eigenvalue weighted by molar-refractivity contribution is -0.114. The SMILES string of the molecule is CC(=O)Nc1cccc(C(C)NC(=O)NC(C)c2ccc(Cl)cc2)c1. The Hall–Kier alpha value is -2.53. The van der Waals surface area contributed by atoms with E-state index in [0.717, 1.165) is 11.1 Å². The lowest BCUT2D eigenvalue weighted by atomic mass is 10.1. The van der Waals surface area contributed by atoms with Crippen LogP contribution in [0, 0.1) is 0 Å². The number of rotatable bonds is 5. The van der Waals surface area contributed by atoms with Gasteiger partial charge in [-0.2, -0.15) is 0 Å². The molecule has 2 rings (SSSR count). The Kier molecular flexibility index (Phi) is 6.42. The summed E-state index contributed by atoms with van der Waals surface area (Å²) in [6, 6.07) is 14.1. The lowest BCUT2D eigenvalue weighted by Crippen LogP contribution is -2.38. The molecule has 0 saturated heterocycles. The van der Waals surface area contributed by atoms with E-state index in [9.17, 15) is 9.59 Å². The Bertz CT molecular complexity index is 747. The maximum absolute atomic E-state index is 12.2. The van der Waals surface area contributed by atoms with Crippen LogP contribution in [0.4, 0.5) is 10.5 Å². The second-order valence-electron chi connectivity index (χ2n) is 5.92. The van der Waals surface area contributed by atoms with Crippen molar-refractivity contribution >= 4 is 29.2 Å². The van der Waals surface area contributed by atoms with Crippen molar-refractivity contribution in [1.29, 1.82) is 0 Å². The molecule has 0 fully saturated rings. The Morgan fingerprint density at radius 1 is 0.920 bits per heavy atom. The van der Waals surface area contributed by atoms with E-state index in [4.69, 9.17) is 11.6 Å². The molecule has 0 bridgehead atoms. The van der Waals surface area contributed by atoms with E-state index in [-0.39, 0.29) is 24.0 Å². The van der Waals surface area contributed by atoms with E-state index in [2.05, 4.69) is 16.0 Å². The zero-order chi connectivity index (χ0) is 18.4. The minimum atomic E-state index is -0.264. The molecule has 0 saturated carbocycles. The van der Waals surface area contributed by atoms with Gasteiger partial charge >= 0.3 is 6.03 Å². The average Bonchev–Trinajstić information content (AvgIpc) is 2.54. The summed E-state index contributed by atoms with van der Waals surface area (Å²) in [5.74, 6) is -0.132. The molecule has 2 unspecified atom stereocenters. The summed E-state index contributed by atoms with van der Waals surface area (Å²) in [5, 5.41) is 9.19. The molecule has 2 aromatic carbocycles. The van der Waals surface area contributed by atoms with Crippen LogP contribution >= 0.6 is 11.6 Å². The van der Waals surface area contributed by atoms with Crippen LogP contribution in [0.25, 0.3) is 0 Å². The summed E-state index contributed by atoms with van der Waals surface area (Å²) in [6.07, 6.45) is 0. The van der Waals surface area contributed by atoms with Crippen molar-refractivity contribution in [3.63, 3.8) is 0 Å². The highest BCUT2D eigenvalue weighted by molar-refractivity contribution is 6.30. The van der Waals surface area contributed by atoms with Crippen LogP contribution in [-0.4, -0.2) is 11.9 Å². The second-order valence-corrected chi connectivity index (χ2v) is 6.36. The van der Waals surface area contributed by atoms with Crippen LogP contribution < -0.4 is 16.0 Å². The fourth-order valence-electron chi connectivity index (χ4n) is 2.44. The monoisotopic (exact) mass is 359 g/mol. The molecule has 2 aromatic rings. The van der Waals surface area contributed by atoms with E-state index >= 15 is 0 Å². The van der Waals surface area contributed by atoms with Crippen LogP contribution in [0.5, 0.6) is 0 Å². The number of hydrogen-bond acceptors (Lipinski definition) is 2. The number of carbonyl (C=O) groups excluding carboxylic acids is 2. The van der Waals surface area contributed by atoms with Gasteiger partial charge in [-0.05, 0) is 49.2 Å². The third kappa shape index (κ3) is 5.80. The van der Waals surface area contributed by atoms with Crippen molar-refractivity contribution < 1.29 is 9.59 Å². The summed E-state index contributed by atoms with van der Waals surface area (Å²) in [4.78, 5) is 23.4. The van der Waals surface area contributed by atoms with Crippen molar-refractivity contribution in [2.75, 3.05) is 5.32 Å². The second kappa shape index (κ2) is 8.53. The fourth-order valence-corrected chi connectivity index (χ4v) is 2.57. The minimum Gasteiger partial charge on any atom is -0.332 e. The van der Waals surface area contributed by atoms with Gasteiger partial charge in [0.15, 0.2) is 0 Å². The summed E-state index contributed by atoms with van der Waals surface area (Å²) in [6.45, 7) is 5.25. The molecule has 0 aromatic heterocycles. The van der Waals surface area contributed by atoms with Crippen LogP contribution in [0.2, 0.25) is 5.02 Å². The molecule has 25 heavy (non-hydrogen) atoms. The highest BCUT2D eigenvalue weighted by Gasteiger charge is 2.13. The molecule has 0 aliphatic rings. The largest absolute Gasteiger partial charge is 0.332 e. The number of halogens is 1. The van der Waals surface area contributed by atoms with Crippen LogP contribution in [0.15, 0.2) is 48.5 Å². The number of amides is 3. The van der Waals surface area contributed by atoms with Crippen LogP contribution in [0.3, 0.4) is 0 Å². The van der Waals surface area contributed by atoms with Crippen molar-refractivity contribution in [2.24, 2.45) is 0 Å². The third-order valence-corrected chi connectivity index (χ3v) is 4.02. The molecule has 0 aliphatic carbocycles. The first-order valence-electron chi connectivity index (χ1n) is 8.05. The summed E-state index contributed by atoms with van der Waals surface area (Å²) < 4.78 is 0. The molecule has 0 radical (unpaired) electrons. The Balaban J connectivity index is 1.95. The standard InChI is InChI=1S/C19H22ClN3O2/c1-12(15-7-9-17(20)10-8-15)21-19(25)22-13(2)16-5-4-6-18(11-16)23-14(3)24/h4-13H,1-3H3,(H,23,24)(H2,21,22,25). The van der Waals surface area contributed by atoms with E-state index in [1.807, 2.05) is 44.2 Å². The van der Waals surface area contributed by atoms with Crippen molar-refractivity contribution in [3.8, 4) is 0 Å². The first kappa shape index (κ1) is 18.8. The van der Waals surface area contributed by atoms with Crippen LogP contribution in [0.1, 0.15) is 44.0 Å². The van der Waals surface area contributed by atoms with Gasteiger partial charge in [0.2, 0.25) is 5.91 Å². The van der Waals surface area contributed by atoms with Crippen molar-refractivity contribution in [3.05, 3.63) is 64.7 Å². The Morgan fingerprint density at radius 2 is 1.52 bits per heavy atom. The highest BCUT2D eigenvalue weighted by atomic mass is 35.5. The molecule has 0 spiro atoms. The van der Waals surface area contributed by atoms with Gasteiger partial charge in [0.25, 0.3) is 0 Å². The normalized spacial score (nSPS) is 12.8. The van der Waals surface area contributed by atoms with E-state index < -0.39 is 0 Å². The van der Waals surface area contributed by atoms with Gasteiger partial charge in [0.05, 0.1) is 12.1 Å². The Labute approximate surface area is 152 Å². The number of benzene rings is 2. The van der Waals surface area contributed by atoms with Gasteiger partial charge in [-0.3, -0.25) is 4.79 Å². The maximum Gasteiger partial charge on any atom is 0.315 e.